The molecule has 0 aromatic rings. The van der Waals surface area contributed by atoms with Crippen LogP contribution in [0.3, 0.4) is 0 Å². The van der Waals surface area contributed by atoms with Gasteiger partial charge in [0.05, 0.1) is 12.6 Å². The molecule has 0 spiro atoms. The van der Waals surface area contributed by atoms with Gasteiger partial charge in [-0.1, -0.05) is 0 Å². The summed E-state index contributed by atoms with van der Waals surface area (Å²) in [5, 5.41) is 5.40. The van der Waals surface area contributed by atoms with E-state index in [0.717, 1.165) is 0 Å². The number of carbonyl (C=O) groups is 2. The zero-order valence-corrected chi connectivity index (χ0v) is 9.96. The third-order valence-electron chi connectivity index (χ3n) is 2.36. The highest BCUT2D eigenvalue weighted by atomic mass is 16.2. The molecule has 0 aliphatic carbocycles. The first-order chi connectivity index (χ1) is 7.06. The number of nitrogens with one attached hydrogen (secondary N) is 2. The van der Waals surface area contributed by atoms with Crippen LogP contribution in [-0.2, 0) is 9.59 Å². The van der Waals surface area contributed by atoms with Crippen molar-refractivity contribution in [3.8, 4) is 0 Å². The van der Waals surface area contributed by atoms with Gasteiger partial charge in [-0.05, 0) is 27.8 Å². The normalized spacial score (nSPS) is 12.0. The van der Waals surface area contributed by atoms with Crippen molar-refractivity contribution in [2.45, 2.75) is 26.8 Å². The number of hydrogen-bond acceptors (Lipinski definition) is 3. The second-order valence-corrected chi connectivity index (χ2v) is 3.29. The summed E-state index contributed by atoms with van der Waals surface area (Å²) in [6.07, 6.45) is 0. The zero-order chi connectivity index (χ0) is 11.8. The topological polar surface area (TPSA) is 61.4 Å². The fraction of sp³-hybridized carbons (Fsp3) is 0.800. The van der Waals surface area contributed by atoms with E-state index >= 15 is 0 Å². The number of likely N-dealkylation sites (N-methyl/N-ethyl adjacent to an activating group) is 2. The molecule has 0 heterocycles. The van der Waals surface area contributed by atoms with Gasteiger partial charge in [0.15, 0.2) is 0 Å². The van der Waals surface area contributed by atoms with Crippen LogP contribution < -0.4 is 10.6 Å². The summed E-state index contributed by atoms with van der Waals surface area (Å²) >= 11 is 0. The highest BCUT2D eigenvalue weighted by Crippen LogP contribution is 1.88. The molecule has 0 aliphatic heterocycles. The number of amides is 2. The van der Waals surface area contributed by atoms with Crippen LogP contribution in [0.15, 0.2) is 0 Å². The molecular formula is C10H21N3O2. The number of hydrogen-bond donors (Lipinski definition) is 2. The number of rotatable bonds is 6. The van der Waals surface area contributed by atoms with Crippen LogP contribution in [-0.4, -0.2) is 49.4 Å². The summed E-state index contributed by atoms with van der Waals surface area (Å²) in [4.78, 5) is 24.5. The van der Waals surface area contributed by atoms with E-state index < -0.39 is 0 Å². The molecule has 0 saturated carbocycles. The SMILES string of the molecule is CCN(CC)C(=O)CNC(=O)C(C)NC. The van der Waals surface area contributed by atoms with Crippen LogP contribution in [0.1, 0.15) is 20.8 Å². The lowest BCUT2D eigenvalue weighted by molar-refractivity contribution is -0.132. The Morgan fingerprint density at radius 1 is 1.27 bits per heavy atom. The Hall–Kier alpha value is -1.10. The molecule has 2 N–H and O–H groups in total. The van der Waals surface area contributed by atoms with Crippen LogP contribution in [0, 0.1) is 0 Å². The highest BCUT2D eigenvalue weighted by Gasteiger charge is 2.13. The Morgan fingerprint density at radius 3 is 2.20 bits per heavy atom. The van der Waals surface area contributed by atoms with Crippen molar-refractivity contribution < 1.29 is 9.59 Å². The van der Waals surface area contributed by atoms with Gasteiger partial charge in [0, 0.05) is 13.1 Å². The molecule has 5 nitrogen and oxygen atoms in total. The van der Waals surface area contributed by atoms with Crippen LogP contribution in [0.5, 0.6) is 0 Å². The molecule has 0 fully saturated rings. The Kier molecular flexibility index (Phi) is 6.70. The van der Waals surface area contributed by atoms with Gasteiger partial charge in [0.1, 0.15) is 0 Å². The maximum absolute atomic E-state index is 11.5. The van der Waals surface area contributed by atoms with Crippen molar-refractivity contribution in [2.24, 2.45) is 0 Å². The predicted octanol–water partition coefficient (Wildman–Crippen LogP) is -0.421. The summed E-state index contributed by atoms with van der Waals surface area (Å²) in [5.41, 5.74) is 0. The highest BCUT2D eigenvalue weighted by molar-refractivity contribution is 5.87. The molecule has 0 aromatic heterocycles. The number of nitrogens with zero attached hydrogens (tertiary/aromatic N) is 1. The lowest BCUT2D eigenvalue weighted by Crippen LogP contribution is -2.45. The Balaban J connectivity index is 3.94. The van der Waals surface area contributed by atoms with Gasteiger partial charge < -0.3 is 15.5 Å². The summed E-state index contributed by atoms with van der Waals surface area (Å²) in [5.74, 6) is -0.199. The second kappa shape index (κ2) is 7.23. The Morgan fingerprint density at radius 2 is 1.80 bits per heavy atom. The molecule has 88 valence electrons. The van der Waals surface area contributed by atoms with Crippen molar-refractivity contribution in [2.75, 3.05) is 26.7 Å². The van der Waals surface area contributed by atoms with Crippen molar-refractivity contribution in [1.29, 1.82) is 0 Å². The van der Waals surface area contributed by atoms with E-state index in [-0.39, 0.29) is 24.4 Å². The van der Waals surface area contributed by atoms with E-state index in [4.69, 9.17) is 0 Å². The van der Waals surface area contributed by atoms with E-state index in [1.165, 1.54) is 0 Å². The lowest BCUT2D eigenvalue weighted by Gasteiger charge is -2.19. The largest absolute Gasteiger partial charge is 0.346 e. The first kappa shape index (κ1) is 13.9. The molecule has 0 bridgehead atoms. The van der Waals surface area contributed by atoms with Gasteiger partial charge in [-0.15, -0.1) is 0 Å². The fourth-order valence-electron chi connectivity index (χ4n) is 1.14. The van der Waals surface area contributed by atoms with E-state index in [0.29, 0.717) is 13.1 Å². The van der Waals surface area contributed by atoms with Crippen LogP contribution in [0.4, 0.5) is 0 Å². The minimum atomic E-state index is -0.269. The maximum Gasteiger partial charge on any atom is 0.241 e. The quantitative estimate of drug-likeness (QED) is 0.632. The van der Waals surface area contributed by atoms with Crippen molar-refractivity contribution in [3.05, 3.63) is 0 Å². The predicted molar refractivity (Wildman–Crippen MR) is 59.5 cm³/mol. The summed E-state index contributed by atoms with van der Waals surface area (Å²) < 4.78 is 0. The average molecular weight is 215 g/mol. The first-order valence-corrected chi connectivity index (χ1v) is 5.29. The zero-order valence-electron chi connectivity index (χ0n) is 9.96. The Bertz CT molecular complexity index is 215. The minimum absolute atomic E-state index is 0.0448. The van der Waals surface area contributed by atoms with Crippen molar-refractivity contribution >= 4 is 11.8 Å². The molecule has 0 radical (unpaired) electrons. The second-order valence-electron chi connectivity index (χ2n) is 3.29. The van der Waals surface area contributed by atoms with Crippen molar-refractivity contribution in [1.82, 2.24) is 15.5 Å². The molecule has 0 aromatic carbocycles. The standard InChI is InChI=1S/C10H21N3O2/c1-5-13(6-2)9(14)7-12-10(15)8(3)11-4/h8,11H,5-7H2,1-4H3,(H,12,15). The molecule has 0 saturated heterocycles. The van der Waals surface area contributed by atoms with Gasteiger partial charge in [0.2, 0.25) is 11.8 Å². The smallest absolute Gasteiger partial charge is 0.241 e. The molecule has 2 amide bonds. The van der Waals surface area contributed by atoms with Crippen molar-refractivity contribution in [3.63, 3.8) is 0 Å². The fourth-order valence-corrected chi connectivity index (χ4v) is 1.14. The minimum Gasteiger partial charge on any atom is -0.346 e. The van der Waals surface area contributed by atoms with Crippen LogP contribution >= 0.6 is 0 Å². The number of carbonyl (C=O) groups excluding carboxylic acids is 2. The van der Waals surface area contributed by atoms with E-state index in [9.17, 15) is 9.59 Å². The monoisotopic (exact) mass is 215 g/mol. The van der Waals surface area contributed by atoms with Gasteiger partial charge in [-0.3, -0.25) is 9.59 Å². The average Bonchev–Trinajstić information content (AvgIpc) is 2.26. The summed E-state index contributed by atoms with van der Waals surface area (Å²) in [6, 6.07) is -0.269. The molecular weight excluding hydrogens is 194 g/mol. The van der Waals surface area contributed by atoms with Gasteiger partial charge in [-0.2, -0.15) is 0 Å². The summed E-state index contributed by atoms with van der Waals surface area (Å²) in [7, 11) is 1.70. The molecule has 1 atom stereocenters. The molecule has 0 rings (SSSR count). The molecule has 15 heavy (non-hydrogen) atoms. The molecule has 5 heteroatoms. The molecule has 0 aliphatic rings. The van der Waals surface area contributed by atoms with Gasteiger partial charge in [-0.25, -0.2) is 0 Å². The molecule has 1 unspecified atom stereocenters. The van der Waals surface area contributed by atoms with Crippen LogP contribution in [0.25, 0.3) is 0 Å². The maximum atomic E-state index is 11.5. The Labute approximate surface area is 91.2 Å². The van der Waals surface area contributed by atoms with Gasteiger partial charge in [0.25, 0.3) is 0 Å². The van der Waals surface area contributed by atoms with E-state index in [1.807, 2.05) is 13.8 Å². The third kappa shape index (κ3) is 4.78. The third-order valence-corrected chi connectivity index (χ3v) is 2.36. The first-order valence-electron chi connectivity index (χ1n) is 5.29. The van der Waals surface area contributed by atoms with E-state index in [1.54, 1.807) is 18.9 Å². The lowest BCUT2D eigenvalue weighted by atomic mass is 10.3. The van der Waals surface area contributed by atoms with Crippen LogP contribution in [0.2, 0.25) is 0 Å². The van der Waals surface area contributed by atoms with Gasteiger partial charge >= 0.3 is 0 Å². The van der Waals surface area contributed by atoms with E-state index in [2.05, 4.69) is 10.6 Å². The summed E-state index contributed by atoms with van der Waals surface area (Å²) in [6.45, 7) is 7.00.